The maximum Gasteiger partial charge on any atom is 0.338 e. The third kappa shape index (κ3) is 5.58. The molecule has 2 aromatic rings. The van der Waals surface area contributed by atoms with Crippen molar-refractivity contribution in [2.24, 2.45) is 5.92 Å². The van der Waals surface area contributed by atoms with Crippen molar-refractivity contribution in [2.45, 2.75) is 33.2 Å². The molecule has 1 fully saturated rings. The smallest absolute Gasteiger partial charge is 0.338 e. The number of piperidine rings is 1. The molecule has 1 unspecified atom stereocenters. The molecule has 1 saturated heterocycles. The second-order valence-corrected chi connectivity index (χ2v) is 7.81. The van der Waals surface area contributed by atoms with Gasteiger partial charge < -0.3 is 10.1 Å². The number of amides is 1. The van der Waals surface area contributed by atoms with Crippen LogP contribution in [0.5, 0.6) is 0 Å². The second-order valence-electron chi connectivity index (χ2n) is 7.41. The van der Waals surface area contributed by atoms with Crippen LogP contribution in [0.3, 0.4) is 0 Å². The van der Waals surface area contributed by atoms with Gasteiger partial charge in [0.2, 0.25) is 5.91 Å². The van der Waals surface area contributed by atoms with Crippen LogP contribution in [-0.2, 0) is 16.1 Å². The van der Waals surface area contributed by atoms with E-state index in [1.165, 1.54) is 0 Å². The lowest BCUT2D eigenvalue weighted by Crippen LogP contribution is -2.40. The maximum absolute atomic E-state index is 12.9. The molecule has 1 atom stereocenters. The molecule has 0 radical (unpaired) electrons. The number of carbonyl (C=O) groups is 2. The van der Waals surface area contributed by atoms with E-state index < -0.39 is 0 Å². The fraction of sp³-hybridized carbons (Fsp3) is 0.391. The Balaban J connectivity index is 1.61. The first kappa shape index (κ1) is 21.3. The minimum absolute atomic E-state index is 0.0147. The molecule has 1 N–H and O–H groups in total. The Morgan fingerprint density at radius 1 is 1.24 bits per heavy atom. The van der Waals surface area contributed by atoms with Crippen molar-refractivity contribution in [3.8, 4) is 0 Å². The summed E-state index contributed by atoms with van der Waals surface area (Å²) in [5, 5.41) is 3.79. The summed E-state index contributed by atoms with van der Waals surface area (Å²) in [6.45, 7) is 6.40. The van der Waals surface area contributed by atoms with Crippen molar-refractivity contribution in [1.82, 2.24) is 4.90 Å². The molecular formula is C23H27ClN2O3. The topological polar surface area (TPSA) is 58.6 Å². The standard InChI is InChI=1S/C23H27ClN2O3/c1-3-29-23(28)17-10-11-21(16(2)13-17)25-22(27)19-8-6-12-26(15-19)14-18-7-4-5-9-20(18)24/h4-5,7,9-11,13,19H,3,6,8,12,14-15H2,1-2H3,(H,25,27). The Labute approximate surface area is 177 Å². The van der Waals surface area contributed by atoms with E-state index in [-0.39, 0.29) is 17.8 Å². The van der Waals surface area contributed by atoms with Gasteiger partial charge in [-0.3, -0.25) is 9.69 Å². The van der Waals surface area contributed by atoms with E-state index in [4.69, 9.17) is 16.3 Å². The molecule has 1 aliphatic rings. The van der Waals surface area contributed by atoms with E-state index in [0.717, 1.165) is 47.8 Å². The number of aryl methyl sites for hydroxylation is 1. The van der Waals surface area contributed by atoms with Crippen LogP contribution in [0.25, 0.3) is 0 Å². The summed E-state index contributed by atoms with van der Waals surface area (Å²) in [4.78, 5) is 27.0. The normalized spacial score (nSPS) is 17.0. The summed E-state index contributed by atoms with van der Waals surface area (Å²) in [7, 11) is 0. The molecule has 1 amide bonds. The molecule has 1 aliphatic heterocycles. The summed E-state index contributed by atoms with van der Waals surface area (Å²) >= 11 is 6.28. The van der Waals surface area contributed by atoms with E-state index >= 15 is 0 Å². The zero-order valence-electron chi connectivity index (χ0n) is 16.9. The molecule has 0 saturated carbocycles. The number of likely N-dealkylation sites (tertiary alicyclic amines) is 1. The number of benzene rings is 2. The summed E-state index contributed by atoms with van der Waals surface area (Å²) in [6, 6.07) is 13.0. The summed E-state index contributed by atoms with van der Waals surface area (Å²) in [5.41, 5.74) is 3.14. The van der Waals surface area contributed by atoms with Crippen LogP contribution in [0.2, 0.25) is 5.02 Å². The van der Waals surface area contributed by atoms with E-state index in [2.05, 4.69) is 10.2 Å². The molecule has 5 nitrogen and oxygen atoms in total. The minimum atomic E-state index is -0.351. The first-order chi connectivity index (χ1) is 14.0. The number of nitrogens with zero attached hydrogens (tertiary/aromatic N) is 1. The number of anilines is 1. The van der Waals surface area contributed by atoms with E-state index in [9.17, 15) is 9.59 Å². The van der Waals surface area contributed by atoms with Crippen LogP contribution in [0, 0.1) is 12.8 Å². The lowest BCUT2D eigenvalue weighted by molar-refractivity contribution is -0.121. The highest BCUT2D eigenvalue weighted by Gasteiger charge is 2.26. The number of carbonyl (C=O) groups excluding carboxylic acids is 2. The number of halogens is 1. The average Bonchev–Trinajstić information content (AvgIpc) is 2.71. The summed E-state index contributed by atoms with van der Waals surface area (Å²) in [6.07, 6.45) is 1.84. The van der Waals surface area contributed by atoms with Crippen LogP contribution in [-0.4, -0.2) is 36.5 Å². The van der Waals surface area contributed by atoms with E-state index in [1.54, 1.807) is 25.1 Å². The molecule has 154 valence electrons. The van der Waals surface area contributed by atoms with E-state index in [0.29, 0.717) is 18.7 Å². The first-order valence-electron chi connectivity index (χ1n) is 10.0. The van der Waals surface area contributed by atoms with Crippen LogP contribution >= 0.6 is 11.6 Å². The van der Waals surface area contributed by atoms with Gasteiger partial charge in [0.25, 0.3) is 0 Å². The predicted octanol–water partition coefficient (Wildman–Crippen LogP) is 4.68. The lowest BCUT2D eigenvalue weighted by Gasteiger charge is -2.32. The van der Waals surface area contributed by atoms with Crippen LogP contribution in [0.1, 0.15) is 41.3 Å². The molecule has 29 heavy (non-hydrogen) atoms. The van der Waals surface area contributed by atoms with Gasteiger partial charge in [0.1, 0.15) is 0 Å². The Morgan fingerprint density at radius 3 is 2.76 bits per heavy atom. The van der Waals surface area contributed by atoms with Gasteiger partial charge in [-0.15, -0.1) is 0 Å². The number of nitrogens with one attached hydrogen (secondary N) is 1. The number of hydrogen-bond acceptors (Lipinski definition) is 4. The van der Waals surface area contributed by atoms with Crippen molar-refractivity contribution in [3.63, 3.8) is 0 Å². The second kappa shape index (κ2) is 9.90. The number of rotatable bonds is 6. The quantitative estimate of drug-likeness (QED) is 0.697. The Hall–Kier alpha value is -2.37. The van der Waals surface area contributed by atoms with E-state index in [1.807, 2.05) is 31.2 Å². The fourth-order valence-corrected chi connectivity index (χ4v) is 3.86. The Kier molecular flexibility index (Phi) is 7.29. The summed E-state index contributed by atoms with van der Waals surface area (Å²) in [5.74, 6) is -0.410. The van der Waals surface area contributed by atoms with Crippen molar-refractivity contribution in [3.05, 3.63) is 64.2 Å². The van der Waals surface area contributed by atoms with Gasteiger partial charge in [-0.2, -0.15) is 0 Å². The lowest BCUT2D eigenvalue weighted by atomic mass is 9.96. The highest BCUT2D eigenvalue weighted by Crippen LogP contribution is 2.24. The maximum atomic E-state index is 12.9. The monoisotopic (exact) mass is 414 g/mol. The minimum Gasteiger partial charge on any atom is -0.462 e. The van der Waals surface area contributed by atoms with Crippen LogP contribution < -0.4 is 5.32 Å². The van der Waals surface area contributed by atoms with Gasteiger partial charge in [0.05, 0.1) is 18.1 Å². The molecule has 0 bridgehead atoms. The van der Waals surface area contributed by atoms with Crippen molar-refractivity contribution < 1.29 is 14.3 Å². The zero-order chi connectivity index (χ0) is 20.8. The fourth-order valence-electron chi connectivity index (χ4n) is 3.66. The largest absolute Gasteiger partial charge is 0.462 e. The molecule has 1 heterocycles. The molecule has 3 rings (SSSR count). The SMILES string of the molecule is CCOC(=O)c1ccc(NC(=O)C2CCCN(Cc3ccccc3Cl)C2)c(C)c1. The van der Waals surface area contributed by atoms with Crippen LogP contribution in [0.15, 0.2) is 42.5 Å². The number of hydrogen-bond donors (Lipinski definition) is 1. The first-order valence-corrected chi connectivity index (χ1v) is 10.4. The third-order valence-electron chi connectivity index (χ3n) is 5.22. The van der Waals surface area contributed by atoms with Gasteiger partial charge in [0.15, 0.2) is 0 Å². The van der Waals surface area contributed by atoms with Crippen molar-refractivity contribution in [2.75, 3.05) is 25.0 Å². The third-order valence-corrected chi connectivity index (χ3v) is 5.59. The van der Waals surface area contributed by atoms with Gasteiger partial charge in [0, 0.05) is 23.8 Å². The predicted molar refractivity (Wildman–Crippen MR) is 115 cm³/mol. The van der Waals surface area contributed by atoms with Crippen molar-refractivity contribution >= 4 is 29.2 Å². The highest BCUT2D eigenvalue weighted by atomic mass is 35.5. The molecule has 0 aliphatic carbocycles. The molecule has 0 aromatic heterocycles. The average molecular weight is 415 g/mol. The highest BCUT2D eigenvalue weighted by molar-refractivity contribution is 6.31. The Bertz CT molecular complexity index is 884. The molecule has 2 aromatic carbocycles. The van der Waals surface area contributed by atoms with Crippen molar-refractivity contribution in [1.29, 1.82) is 0 Å². The number of esters is 1. The molecule has 6 heteroatoms. The Morgan fingerprint density at radius 2 is 2.03 bits per heavy atom. The van der Waals surface area contributed by atoms with Gasteiger partial charge >= 0.3 is 5.97 Å². The molecular weight excluding hydrogens is 388 g/mol. The van der Waals surface area contributed by atoms with Gasteiger partial charge in [-0.1, -0.05) is 29.8 Å². The number of ether oxygens (including phenoxy) is 1. The van der Waals surface area contributed by atoms with Gasteiger partial charge in [-0.05, 0) is 68.6 Å². The summed E-state index contributed by atoms with van der Waals surface area (Å²) < 4.78 is 5.03. The van der Waals surface area contributed by atoms with Crippen LogP contribution in [0.4, 0.5) is 5.69 Å². The van der Waals surface area contributed by atoms with Gasteiger partial charge in [-0.25, -0.2) is 4.79 Å². The molecule has 0 spiro atoms. The zero-order valence-corrected chi connectivity index (χ0v) is 17.7.